The van der Waals surface area contributed by atoms with Crippen molar-refractivity contribution in [3.8, 4) is 0 Å². The molecule has 0 spiro atoms. The van der Waals surface area contributed by atoms with E-state index in [2.05, 4.69) is 0 Å². The van der Waals surface area contributed by atoms with Crippen LogP contribution in [0.5, 0.6) is 0 Å². The summed E-state index contributed by atoms with van der Waals surface area (Å²) in [5.41, 5.74) is 0.584. The van der Waals surface area contributed by atoms with Crippen LogP contribution in [0, 0.1) is 0 Å². The van der Waals surface area contributed by atoms with Crippen LogP contribution in [0.4, 0.5) is 18.9 Å². The maximum atomic E-state index is 12.8. The van der Waals surface area contributed by atoms with Gasteiger partial charge in [-0.1, -0.05) is 23.7 Å². The zero-order valence-corrected chi connectivity index (χ0v) is 14.0. The first-order valence-corrected chi connectivity index (χ1v) is 7.98. The summed E-state index contributed by atoms with van der Waals surface area (Å²) in [6.07, 6.45) is 0.106. The maximum absolute atomic E-state index is 12.8. The second-order valence-corrected chi connectivity index (χ2v) is 6.13. The number of benzene rings is 2. The molecule has 1 heterocycles. The van der Waals surface area contributed by atoms with Gasteiger partial charge in [0.05, 0.1) is 17.2 Å². The summed E-state index contributed by atoms with van der Waals surface area (Å²) in [6, 6.07) is 11.0. The van der Waals surface area contributed by atoms with Crippen LogP contribution in [0.3, 0.4) is 0 Å². The molecule has 0 aromatic heterocycles. The van der Waals surface area contributed by atoms with Gasteiger partial charge < -0.3 is 10.0 Å². The van der Waals surface area contributed by atoms with Gasteiger partial charge in [-0.2, -0.15) is 13.2 Å². The van der Waals surface area contributed by atoms with E-state index in [1.54, 1.807) is 35.4 Å². The standard InChI is InChI=1S/C19H13ClF3NO2/c20-15-5-7-16(8-6-15)24-10-9-13(18(25)26)11-17(24)12-1-3-14(4-2-12)19(21,22)23/h1-11,17H,(H,25,26). The predicted octanol–water partition coefficient (Wildman–Crippen LogP) is 5.44. The average molecular weight is 380 g/mol. The smallest absolute Gasteiger partial charge is 0.416 e. The zero-order valence-electron chi connectivity index (χ0n) is 13.2. The van der Waals surface area contributed by atoms with E-state index in [0.29, 0.717) is 10.6 Å². The number of carboxylic acid groups (broad SMARTS) is 1. The van der Waals surface area contributed by atoms with Gasteiger partial charge in [-0.05, 0) is 54.1 Å². The second-order valence-electron chi connectivity index (χ2n) is 5.69. The first kappa shape index (κ1) is 18.1. The zero-order chi connectivity index (χ0) is 18.9. The highest BCUT2D eigenvalue weighted by Crippen LogP contribution is 2.35. The molecule has 0 amide bonds. The van der Waals surface area contributed by atoms with Gasteiger partial charge in [-0.15, -0.1) is 0 Å². The molecule has 3 nitrogen and oxygen atoms in total. The number of carbonyl (C=O) groups is 1. The molecule has 7 heteroatoms. The second kappa shape index (κ2) is 6.88. The van der Waals surface area contributed by atoms with Gasteiger partial charge in [0.2, 0.25) is 0 Å². The van der Waals surface area contributed by atoms with Crippen molar-refractivity contribution in [1.29, 1.82) is 0 Å². The highest BCUT2D eigenvalue weighted by atomic mass is 35.5. The Morgan fingerprint density at radius 2 is 1.65 bits per heavy atom. The quantitative estimate of drug-likeness (QED) is 0.771. The molecule has 3 rings (SSSR count). The fourth-order valence-corrected chi connectivity index (χ4v) is 2.81. The lowest BCUT2D eigenvalue weighted by Crippen LogP contribution is -2.25. The minimum atomic E-state index is -4.43. The van der Waals surface area contributed by atoms with Crippen LogP contribution < -0.4 is 4.90 Å². The summed E-state index contributed by atoms with van der Waals surface area (Å²) < 4.78 is 38.4. The number of halogens is 4. The Balaban J connectivity index is 2.01. The fourth-order valence-electron chi connectivity index (χ4n) is 2.69. The number of hydrogen-bond donors (Lipinski definition) is 1. The monoisotopic (exact) mass is 379 g/mol. The van der Waals surface area contributed by atoms with Crippen LogP contribution in [-0.2, 0) is 11.0 Å². The van der Waals surface area contributed by atoms with E-state index in [0.717, 1.165) is 17.8 Å². The Labute approximate surface area is 152 Å². The number of rotatable bonds is 3. The average Bonchev–Trinajstić information content (AvgIpc) is 2.61. The van der Waals surface area contributed by atoms with Crippen molar-refractivity contribution in [2.45, 2.75) is 12.2 Å². The van der Waals surface area contributed by atoms with Crippen LogP contribution in [0.25, 0.3) is 0 Å². The Bertz CT molecular complexity index is 871. The number of carboxylic acids is 1. The van der Waals surface area contributed by atoms with Crippen molar-refractivity contribution in [3.63, 3.8) is 0 Å². The molecule has 1 atom stereocenters. The summed E-state index contributed by atoms with van der Waals surface area (Å²) in [5, 5.41) is 9.79. The van der Waals surface area contributed by atoms with Crippen LogP contribution in [0.15, 0.2) is 72.5 Å². The fraction of sp³-hybridized carbons (Fsp3) is 0.105. The minimum absolute atomic E-state index is 0.0695. The molecule has 0 aliphatic carbocycles. The summed E-state index contributed by atoms with van der Waals surface area (Å²) in [7, 11) is 0. The molecular formula is C19H13ClF3NO2. The first-order valence-electron chi connectivity index (χ1n) is 7.60. The third kappa shape index (κ3) is 3.75. The van der Waals surface area contributed by atoms with Crippen LogP contribution >= 0.6 is 11.6 Å². The number of nitrogens with zero attached hydrogens (tertiary/aromatic N) is 1. The first-order chi connectivity index (χ1) is 12.3. The van der Waals surface area contributed by atoms with Gasteiger partial charge in [0, 0.05) is 16.9 Å². The lowest BCUT2D eigenvalue weighted by Gasteiger charge is -2.32. The molecule has 0 saturated heterocycles. The van der Waals surface area contributed by atoms with Gasteiger partial charge >= 0.3 is 12.1 Å². The summed E-state index contributed by atoms with van der Waals surface area (Å²) >= 11 is 5.90. The molecular weight excluding hydrogens is 367 g/mol. The minimum Gasteiger partial charge on any atom is -0.478 e. The third-order valence-electron chi connectivity index (χ3n) is 4.00. The normalized spacial score (nSPS) is 17.2. The van der Waals surface area contributed by atoms with E-state index in [9.17, 15) is 23.1 Å². The van der Waals surface area contributed by atoms with Crippen molar-refractivity contribution in [1.82, 2.24) is 0 Å². The maximum Gasteiger partial charge on any atom is 0.416 e. The molecule has 1 aliphatic rings. The van der Waals surface area contributed by atoms with E-state index in [-0.39, 0.29) is 5.57 Å². The Morgan fingerprint density at radius 1 is 1.04 bits per heavy atom. The Morgan fingerprint density at radius 3 is 2.19 bits per heavy atom. The van der Waals surface area contributed by atoms with E-state index in [4.69, 9.17) is 11.6 Å². The molecule has 1 aliphatic heterocycles. The van der Waals surface area contributed by atoms with Crippen molar-refractivity contribution in [2.75, 3.05) is 4.90 Å². The van der Waals surface area contributed by atoms with Crippen molar-refractivity contribution < 1.29 is 23.1 Å². The van der Waals surface area contributed by atoms with E-state index in [1.807, 2.05) is 0 Å². The molecule has 134 valence electrons. The largest absolute Gasteiger partial charge is 0.478 e. The number of hydrogen-bond acceptors (Lipinski definition) is 2. The van der Waals surface area contributed by atoms with Crippen LogP contribution in [0.1, 0.15) is 17.2 Å². The topological polar surface area (TPSA) is 40.5 Å². The van der Waals surface area contributed by atoms with Gasteiger partial charge in [0.25, 0.3) is 0 Å². The van der Waals surface area contributed by atoms with Crippen LogP contribution in [-0.4, -0.2) is 11.1 Å². The van der Waals surface area contributed by atoms with Crippen LogP contribution in [0.2, 0.25) is 5.02 Å². The molecule has 0 fully saturated rings. The third-order valence-corrected chi connectivity index (χ3v) is 4.26. The summed E-state index contributed by atoms with van der Waals surface area (Å²) in [4.78, 5) is 13.1. The number of aliphatic carboxylic acids is 1. The van der Waals surface area contributed by atoms with Gasteiger partial charge in [0.1, 0.15) is 0 Å². The van der Waals surface area contributed by atoms with Gasteiger partial charge in [-0.25, -0.2) is 4.79 Å². The highest BCUT2D eigenvalue weighted by molar-refractivity contribution is 6.30. The van der Waals surface area contributed by atoms with E-state index < -0.39 is 23.8 Å². The molecule has 2 aromatic carbocycles. The summed E-state index contributed by atoms with van der Waals surface area (Å²) in [6.45, 7) is 0. The van der Waals surface area contributed by atoms with Crippen molar-refractivity contribution >= 4 is 23.3 Å². The lowest BCUT2D eigenvalue weighted by molar-refractivity contribution is -0.137. The molecule has 1 unspecified atom stereocenters. The molecule has 26 heavy (non-hydrogen) atoms. The SMILES string of the molecule is O=C(O)C1=CC(c2ccc(C(F)(F)F)cc2)N(c2ccc(Cl)cc2)C=C1. The van der Waals surface area contributed by atoms with Gasteiger partial charge in [0.15, 0.2) is 0 Å². The highest BCUT2D eigenvalue weighted by Gasteiger charge is 2.31. The Kier molecular flexibility index (Phi) is 4.78. The molecule has 2 aromatic rings. The Hall–Kier alpha value is -2.73. The lowest BCUT2D eigenvalue weighted by atomic mass is 9.97. The molecule has 0 radical (unpaired) electrons. The molecule has 1 N–H and O–H groups in total. The van der Waals surface area contributed by atoms with Crippen molar-refractivity contribution in [2.24, 2.45) is 0 Å². The number of anilines is 1. The predicted molar refractivity (Wildman–Crippen MR) is 93.0 cm³/mol. The number of alkyl halides is 3. The molecule has 0 bridgehead atoms. The van der Waals surface area contributed by atoms with E-state index in [1.165, 1.54) is 24.3 Å². The summed E-state index contributed by atoms with van der Waals surface area (Å²) in [5.74, 6) is -1.10. The van der Waals surface area contributed by atoms with E-state index >= 15 is 0 Å². The molecule has 0 saturated carbocycles. The van der Waals surface area contributed by atoms with Gasteiger partial charge in [-0.3, -0.25) is 0 Å². The van der Waals surface area contributed by atoms with Crippen molar-refractivity contribution in [3.05, 3.63) is 88.6 Å².